The van der Waals surface area contributed by atoms with Gasteiger partial charge in [-0.25, -0.2) is 0 Å². The summed E-state index contributed by atoms with van der Waals surface area (Å²) in [4.78, 5) is 0. The first kappa shape index (κ1) is 29.5. The molecule has 2 heterocycles. The van der Waals surface area contributed by atoms with E-state index in [2.05, 4.69) is 173 Å². The summed E-state index contributed by atoms with van der Waals surface area (Å²) in [5, 5.41) is 31.0. The predicted molar refractivity (Wildman–Crippen MR) is 228 cm³/mol. The zero-order valence-electron chi connectivity index (χ0n) is 29.8. The number of hydrogen-bond acceptors (Lipinski definition) is 2. The van der Waals surface area contributed by atoms with Crippen LogP contribution in [0.2, 0.25) is 0 Å². The van der Waals surface area contributed by atoms with E-state index in [0.29, 0.717) is 16.8 Å². The molecule has 0 radical (unpaired) electrons. The fraction of sp³-hybridized carbons (Fsp3) is 0. The molecular weight excluding hydrogens is 681 g/mol. The Balaban J connectivity index is 1.19. The fourth-order valence-electron chi connectivity index (χ4n) is 10.3. The van der Waals surface area contributed by atoms with Gasteiger partial charge in [-0.15, -0.1) is 0 Å². The van der Waals surface area contributed by atoms with E-state index in [4.69, 9.17) is 0 Å². The van der Waals surface area contributed by atoms with Crippen LogP contribution in [0.5, 0.6) is 0 Å². The first-order chi connectivity index (χ1) is 27.7. The molecule has 0 aliphatic heterocycles. The largest absolute Gasteiger partial charge is 0.308 e. The summed E-state index contributed by atoms with van der Waals surface area (Å²) in [5.74, 6) is 0. The Hall–Kier alpha value is -7.92. The van der Waals surface area contributed by atoms with Crippen molar-refractivity contribution in [3.63, 3.8) is 0 Å². The van der Waals surface area contributed by atoms with Crippen LogP contribution in [0.1, 0.15) is 11.1 Å². The van der Waals surface area contributed by atoms with Gasteiger partial charge >= 0.3 is 0 Å². The number of nitrogens with zero attached hydrogens (tertiary/aromatic N) is 4. The van der Waals surface area contributed by atoms with Crippen molar-refractivity contribution in [1.29, 1.82) is 10.5 Å². The van der Waals surface area contributed by atoms with Crippen LogP contribution in [0.4, 0.5) is 0 Å². The van der Waals surface area contributed by atoms with Crippen LogP contribution < -0.4 is 0 Å². The average molecular weight is 707 g/mol. The van der Waals surface area contributed by atoms with Crippen molar-refractivity contribution in [1.82, 2.24) is 9.13 Å². The van der Waals surface area contributed by atoms with E-state index in [1.807, 2.05) is 6.07 Å². The third-order valence-corrected chi connectivity index (χ3v) is 12.4. The number of benzene rings is 9. The molecule has 2 aliphatic rings. The molecule has 56 heavy (non-hydrogen) atoms. The number of aromatic nitrogens is 2. The highest BCUT2D eigenvalue weighted by atomic mass is 15.0. The molecule has 0 fully saturated rings. The molecule has 0 unspecified atom stereocenters. The maximum Gasteiger partial charge on any atom is 0.103 e. The highest BCUT2D eigenvalue weighted by molar-refractivity contribution is 6.29. The van der Waals surface area contributed by atoms with E-state index in [-0.39, 0.29) is 0 Å². The van der Waals surface area contributed by atoms with E-state index in [9.17, 15) is 10.5 Å². The topological polar surface area (TPSA) is 57.4 Å². The Bertz CT molecular complexity index is 3730. The molecule has 9 aromatic carbocycles. The Labute approximate surface area is 320 Å². The third-order valence-electron chi connectivity index (χ3n) is 12.4. The molecule has 4 heteroatoms. The van der Waals surface area contributed by atoms with Crippen LogP contribution in [-0.2, 0) is 0 Å². The summed E-state index contributed by atoms with van der Waals surface area (Å²) in [6.07, 6.45) is 0. The number of para-hydroxylation sites is 2. The van der Waals surface area contributed by atoms with Crippen molar-refractivity contribution in [2.24, 2.45) is 0 Å². The van der Waals surface area contributed by atoms with Gasteiger partial charge in [-0.05, 0) is 91.7 Å². The zero-order valence-corrected chi connectivity index (χ0v) is 29.8. The molecular formula is C52H26N4. The van der Waals surface area contributed by atoms with Gasteiger partial charge in [0.15, 0.2) is 0 Å². The van der Waals surface area contributed by atoms with Gasteiger partial charge in [0.2, 0.25) is 0 Å². The van der Waals surface area contributed by atoms with E-state index in [1.165, 1.54) is 55.3 Å². The Kier molecular flexibility index (Phi) is 5.48. The third kappa shape index (κ3) is 3.48. The Morgan fingerprint density at radius 1 is 0.357 bits per heavy atom. The molecule has 2 aromatic heterocycles. The number of rotatable bonds is 2. The lowest BCUT2D eigenvalue weighted by atomic mass is 9.98. The first-order valence-corrected chi connectivity index (χ1v) is 18.9. The van der Waals surface area contributed by atoms with Crippen LogP contribution in [-0.4, -0.2) is 9.13 Å². The number of hydrogen-bond donors (Lipinski definition) is 0. The molecule has 4 nitrogen and oxygen atoms in total. The van der Waals surface area contributed by atoms with Gasteiger partial charge in [0.25, 0.3) is 0 Å². The van der Waals surface area contributed by atoms with Crippen molar-refractivity contribution in [3.8, 4) is 68.0 Å². The molecule has 0 saturated carbocycles. The normalized spacial score (nSPS) is 12.2. The van der Waals surface area contributed by atoms with Gasteiger partial charge < -0.3 is 9.13 Å². The number of fused-ring (bicyclic) bond motifs is 14. The summed E-state index contributed by atoms with van der Waals surface area (Å²) in [5.41, 5.74) is 16.3. The average Bonchev–Trinajstić information content (AvgIpc) is 3.98. The number of nitriles is 2. The SMILES string of the molecule is N#Cc1cc(-n2c3ccccc3c3cc4c5c(cccc5c32)-c2ccccc2-4)cc(-n2c3ccccc3c3cc4c5c(cccc5c32)-c2ccccc2-4)c1C#N. The van der Waals surface area contributed by atoms with Crippen LogP contribution in [0.15, 0.2) is 158 Å². The van der Waals surface area contributed by atoms with Crippen LogP contribution in [0, 0.1) is 22.7 Å². The van der Waals surface area contributed by atoms with Crippen LogP contribution in [0.25, 0.3) is 121 Å². The second-order valence-corrected chi connectivity index (χ2v) is 15.0. The van der Waals surface area contributed by atoms with Gasteiger partial charge in [-0.2, -0.15) is 10.5 Å². The minimum absolute atomic E-state index is 0.341. The first-order valence-electron chi connectivity index (χ1n) is 18.9. The monoisotopic (exact) mass is 706 g/mol. The van der Waals surface area contributed by atoms with Crippen LogP contribution in [0.3, 0.4) is 0 Å². The molecule has 0 atom stereocenters. The molecule has 0 spiro atoms. The maximum absolute atomic E-state index is 10.9. The standard InChI is InChI=1S/C52H26N4/c53-27-29-23-30(55-46-21-7-5-15-35(46)43-25-41-33-13-3-1-11-31(33)37-17-9-19-39(49(37)41)51(43)55)24-48(45(29)28-54)56-47-22-8-6-16-36(47)44-26-42-34-14-4-2-12-32(34)38-18-10-20-40(50(38)42)52(44)56/h1-26H. The maximum atomic E-state index is 10.9. The van der Waals surface area contributed by atoms with Gasteiger partial charge in [-0.3, -0.25) is 0 Å². The molecule has 13 rings (SSSR count). The van der Waals surface area contributed by atoms with E-state index in [0.717, 1.165) is 60.1 Å². The Morgan fingerprint density at radius 3 is 1.34 bits per heavy atom. The minimum atomic E-state index is 0.341. The highest BCUT2D eigenvalue weighted by Gasteiger charge is 2.29. The van der Waals surface area contributed by atoms with Gasteiger partial charge in [0.1, 0.15) is 12.1 Å². The van der Waals surface area contributed by atoms with Crippen molar-refractivity contribution < 1.29 is 0 Å². The second-order valence-electron chi connectivity index (χ2n) is 15.0. The van der Waals surface area contributed by atoms with Crippen LogP contribution >= 0.6 is 0 Å². The van der Waals surface area contributed by atoms with Crippen molar-refractivity contribution >= 4 is 65.2 Å². The lowest BCUT2D eigenvalue weighted by molar-refractivity contribution is 1.12. The zero-order chi connectivity index (χ0) is 36.8. The van der Waals surface area contributed by atoms with Crippen molar-refractivity contribution in [3.05, 3.63) is 169 Å². The molecule has 0 N–H and O–H groups in total. The quantitative estimate of drug-likeness (QED) is 0.180. The smallest absolute Gasteiger partial charge is 0.103 e. The summed E-state index contributed by atoms with van der Waals surface area (Å²) in [7, 11) is 0. The fourth-order valence-corrected chi connectivity index (χ4v) is 10.3. The van der Waals surface area contributed by atoms with E-state index < -0.39 is 0 Å². The molecule has 0 saturated heterocycles. The molecule has 0 bridgehead atoms. The summed E-state index contributed by atoms with van der Waals surface area (Å²) in [6, 6.07) is 61.1. The second kappa shape index (κ2) is 10.4. The van der Waals surface area contributed by atoms with Crippen molar-refractivity contribution in [2.75, 3.05) is 0 Å². The summed E-state index contributed by atoms with van der Waals surface area (Å²) < 4.78 is 4.56. The summed E-state index contributed by atoms with van der Waals surface area (Å²) >= 11 is 0. The summed E-state index contributed by atoms with van der Waals surface area (Å²) in [6.45, 7) is 0. The van der Waals surface area contributed by atoms with E-state index >= 15 is 0 Å². The molecule has 254 valence electrons. The minimum Gasteiger partial charge on any atom is -0.308 e. The van der Waals surface area contributed by atoms with E-state index in [1.54, 1.807) is 0 Å². The highest BCUT2D eigenvalue weighted by Crippen LogP contribution is 2.53. The lowest BCUT2D eigenvalue weighted by Crippen LogP contribution is -2.04. The predicted octanol–water partition coefficient (Wildman–Crippen LogP) is 13.2. The Morgan fingerprint density at radius 2 is 0.804 bits per heavy atom. The van der Waals surface area contributed by atoms with Crippen molar-refractivity contribution in [2.45, 2.75) is 0 Å². The lowest BCUT2D eigenvalue weighted by Gasteiger charge is -2.17. The molecule has 11 aromatic rings. The molecule has 0 amide bonds. The van der Waals surface area contributed by atoms with Gasteiger partial charge in [0.05, 0.1) is 38.9 Å². The molecule has 2 aliphatic carbocycles. The van der Waals surface area contributed by atoms with Gasteiger partial charge in [0, 0.05) is 38.0 Å². The van der Waals surface area contributed by atoms with Gasteiger partial charge in [-0.1, -0.05) is 121 Å².